The van der Waals surface area contributed by atoms with Crippen molar-refractivity contribution in [3.8, 4) is 17.2 Å². The highest BCUT2D eigenvalue weighted by atomic mass is 16.6. The van der Waals surface area contributed by atoms with E-state index in [0.29, 0.717) is 37.1 Å². The number of amides is 1. The lowest BCUT2D eigenvalue weighted by Gasteiger charge is -2.18. The number of hydrogen-bond donors (Lipinski definition) is 1. The van der Waals surface area contributed by atoms with Crippen molar-refractivity contribution in [2.45, 2.75) is 52.7 Å². The predicted octanol–water partition coefficient (Wildman–Crippen LogP) is 2.71. The first-order valence-electron chi connectivity index (χ1n) is 9.07. The minimum Gasteiger partial charge on any atom is -0.490 e. The van der Waals surface area contributed by atoms with Gasteiger partial charge in [0.1, 0.15) is 0 Å². The second kappa shape index (κ2) is 9.31. The van der Waals surface area contributed by atoms with Crippen molar-refractivity contribution in [2.75, 3.05) is 19.8 Å². The zero-order valence-corrected chi connectivity index (χ0v) is 15.8. The van der Waals surface area contributed by atoms with Crippen molar-refractivity contribution >= 4 is 11.9 Å². The molecule has 0 aromatic heterocycles. The number of benzene rings is 1. The Labute approximate surface area is 153 Å². The molecule has 1 atom stereocenters. The van der Waals surface area contributed by atoms with Gasteiger partial charge in [-0.15, -0.1) is 0 Å². The molecule has 1 fully saturated rings. The lowest BCUT2D eigenvalue weighted by Crippen LogP contribution is -2.37. The van der Waals surface area contributed by atoms with Crippen molar-refractivity contribution < 1.29 is 28.5 Å². The van der Waals surface area contributed by atoms with Crippen LogP contribution in [0.5, 0.6) is 17.2 Å². The number of nitrogens with one attached hydrogen (secondary N) is 1. The Morgan fingerprint density at radius 1 is 1.04 bits per heavy atom. The van der Waals surface area contributed by atoms with Crippen LogP contribution in [0.15, 0.2) is 12.1 Å². The van der Waals surface area contributed by atoms with Crippen LogP contribution in [-0.4, -0.2) is 43.8 Å². The molecule has 1 aromatic rings. The molecule has 0 radical (unpaired) electrons. The fraction of sp³-hybridized carbons (Fsp3) is 0.579. The average molecular weight is 365 g/mol. The number of carbonyl (C=O) groups is 2. The first-order valence-corrected chi connectivity index (χ1v) is 9.07. The summed E-state index contributed by atoms with van der Waals surface area (Å²) in [7, 11) is 0. The molecular formula is C19H27NO6. The van der Waals surface area contributed by atoms with Gasteiger partial charge in [0, 0.05) is 6.04 Å². The summed E-state index contributed by atoms with van der Waals surface area (Å²) >= 11 is 0. The Kier molecular flexibility index (Phi) is 7.12. The van der Waals surface area contributed by atoms with Gasteiger partial charge in [-0.2, -0.15) is 0 Å². The highest BCUT2D eigenvalue weighted by Gasteiger charge is 2.28. The number of hydrogen-bond acceptors (Lipinski definition) is 6. The van der Waals surface area contributed by atoms with Crippen molar-refractivity contribution in [2.24, 2.45) is 0 Å². The molecule has 1 aromatic carbocycles. The molecule has 1 unspecified atom stereocenters. The van der Waals surface area contributed by atoms with Crippen LogP contribution in [0.4, 0.5) is 0 Å². The molecule has 0 bridgehead atoms. The first kappa shape index (κ1) is 19.9. The van der Waals surface area contributed by atoms with E-state index in [0.717, 1.165) is 12.8 Å². The van der Waals surface area contributed by atoms with Gasteiger partial charge in [0.05, 0.1) is 25.4 Å². The molecule has 144 valence electrons. The smallest absolute Gasteiger partial charge is 0.339 e. The highest BCUT2D eigenvalue weighted by Crippen LogP contribution is 2.39. The van der Waals surface area contributed by atoms with Crippen LogP contribution >= 0.6 is 0 Å². The van der Waals surface area contributed by atoms with Gasteiger partial charge in [0.2, 0.25) is 5.75 Å². The molecule has 1 aliphatic carbocycles. The zero-order valence-electron chi connectivity index (χ0n) is 15.8. The number of rotatable bonds is 10. The van der Waals surface area contributed by atoms with E-state index in [-0.39, 0.29) is 17.5 Å². The third-order valence-corrected chi connectivity index (χ3v) is 3.72. The molecule has 1 amide bonds. The molecular weight excluding hydrogens is 338 g/mol. The van der Waals surface area contributed by atoms with Crippen molar-refractivity contribution in [1.82, 2.24) is 5.32 Å². The molecule has 1 N–H and O–H groups in total. The van der Waals surface area contributed by atoms with Crippen LogP contribution in [-0.2, 0) is 9.53 Å². The molecule has 26 heavy (non-hydrogen) atoms. The summed E-state index contributed by atoms with van der Waals surface area (Å²) in [5.74, 6) is 0.354. The summed E-state index contributed by atoms with van der Waals surface area (Å²) in [5, 5.41) is 2.81. The van der Waals surface area contributed by atoms with Gasteiger partial charge in [0.25, 0.3) is 5.91 Å². The van der Waals surface area contributed by atoms with Crippen LogP contribution in [0.3, 0.4) is 0 Å². The Morgan fingerprint density at radius 2 is 1.58 bits per heavy atom. The van der Waals surface area contributed by atoms with Gasteiger partial charge in [-0.1, -0.05) is 0 Å². The van der Waals surface area contributed by atoms with Crippen molar-refractivity contribution in [3.63, 3.8) is 0 Å². The van der Waals surface area contributed by atoms with Gasteiger partial charge in [-0.05, 0) is 52.7 Å². The normalized spacial score (nSPS) is 14.3. The molecule has 7 nitrogen and oxygen atoms in total. The lowest BCUT2D eigenvalue weighted by atomic mass is 10.1. The quantitative estimate of drug-likeness (QED) is 0.642. The second-order valence-corrected chi connectivity index (χ2v) is 5.93. The third-order valence-electron chi connectivity index (χ3n) is 3.72. The monoisotopic (exact) mass is 365 g/mol. The second-order valence-electron chi connectivity index (χ2n) is 5.93. The topological polar surface area (TPSA) is 83.1 Å². The van der Waals surface area contributed by atoms with E-state index in [1.807, 2.05) is 20.8 Å². The van der Waals surface area contributed by atoms with Gasteiger partial charge in [-0.3, -0.25) is 4.79 Å². The molecule has 7 heteroatoms. The Balaban J connectivity index is 2.19. The SMILES string of the molecule is CCOc1cc(C(=O)OC(C)C(=O)NC2CC2)cc(OCC)c1OCC. The molecule has 1 aliphatic rings. The van der Waals surface area contributed by atoms with Gasteiger partial charge in [0.15, 0.2) is 17.6 Å². The first-order chi connectivity index (χ1) is 12.5. The van der Waals surface area contributed by atoms with Crippen molar-refractivity contribution in [3.05, 3.63) is 17.7 Å². The summed E-state index contributed by atoms with van der Waals surface area (Å²) in [4.78, 5) is 24.5. The standard InChI is InChI=1S/C19H27NO6/c1-5-23-15-10-13(11-16(24-6-2)17(15)25-7-3)19(22)26-12(4)18(21)20-14-8-9-14/h10-12,14H,5-9H2,1-4H3,(H,20,21). The van der Waals surface area contributed by atoms with Crippen LogP contribution in [0.25, 0.3) is 0 Å². The zero-order chi connectivity index (χ0) is 19.1. The van der Waals surface area contributed by atoms with E-state index in [2.05, 4.69) is 5.32 Å². The summed E-state index contributed by atoms with van der Waals surface area (Å²) in [6.07, 6.45) is 1.07. The van der Waals surface area contributed by atoms with Gasteiger partial charge >= 0.3 is 5.97 Å². The molecule has 0 heterocycles. The fourth-order valence-corrected chi connectivity index (χ4v) is 2.33. The minimum atomic E-state index is -0.874. The largest absolute Gasteiger partial charge is 0.490 e. The van der Waals surface area contributed by atoms with E-state index < -0.39 is 12.1 Å². The molecule has 2 rings (SSSR count). The summed E-state index contributed by atoms with van der Waals surface area (Å²) in [6.45, 7) is 8.33. The maximum absolute atomic E-state index is 12.5. The molecule has 0 saturated heterocycles. The Bertz CT molecular complexity index is 614. The van der Waals surface area contributed by atoms with Crippen LogP contribution in [0, 0.1) is 0 Å². The van der Waals surface area contributed by atoms with E-state index in [1.165, 1.54) is 0 Å². The van der Waals surface area contributed by atoms with Crippen LogP contribution in [0.2, 0.25) is 0 Å². The summed E-state index contributed by atoms with van der Waals surface area (Å²) in [6, 6.07) is 3.30. The number of carbonyl (C=O) groups excluding carboxylic acids is 2. The summed E-state index contributed by atoms with van der Waals surface area (Å²) in [5.41, 5.74) is 0.242. The van der Waals surface area contributed by atoms with Crippen LogP contribution < -0.4 is 19.5 Å². The molecule has 0 aliphatic heterocycles. The van der Waals surface area contributed by atoms with E-state index in [9.17, 15) is 9.59 Å². The predicted molar refractivity (Wildman–Crippen MR) is 96.0 cm³/mol. The number of esters is 1. The number of ether oxygens (including phenoxy) is 4. The fourth-order valence-electron chi connectivity index (χ4n) is 2.33. The molecule has 1 saturated carbocycles. The lowest BCUT2D eigenvalue weighted by molar-refractivity contribution is -0.129. The van der Waals surface area contributed by atoms with Crippen molar-refractivity contribution in [1.29, 1.82) is 0 Å². The third kappa shape index (κ3) is 5.28. The molecule has 0 spiro atoms. The highest BCUT2D eigenvalue weighted by molar-refractivity contribution is 5.93. The Hall–Kier alpha value is -2.44. The summed E-state index contributed by atoms with van der Waals surface area (Å²) < 4.78 is 22.1. The van der Waals surface area contributed by atoms with Gasteiger partial charge in [-0.25, -0.2) is 4.79 Å². The van der Waals surface area contributed by atoms with E-state index >= 15 is 0 Å². The van der Waals surface area contributed by atoms with E-state index in [1.54, 1.807) is 19.1 Å². The van der Waals surface area contributed by atoms with Crippen LogP contribution in [0.1, 0.15) is 50.9 Å². The average Bonchev–Trinajstić information content (AvgIpc) is 3.41. The van der Waals surface area contributed by atoms with E-state index in [4.69, 9.17) is 18.9 Å². The Morgan fingerprint density at radius 3 is 2.04 bits per heavy atom. The maximum Gasteiger partial charge on any atom is 0.339 e. The minimum absolute atomic E-state index is 0.211. The maximum atomic E-state index is 12.5. The van der Waals surface area contributed by atoms with Gasteiger partial charge < -0.3 is 24.3 Å².